The Hall–Kier alpha value is -3.73. The molecule has 35 heavy (non-hydrogen) atoms. The second-order valence-corrected chi connectivity index (χ2v) is 8.59. The topological polar surface area (TPSA) is 179 Å². The Balaban J connectivity index is 2.27. The summed E-state index contributed by atoms with van der Waals surface area (Å²) >= 11 is 0. The molecule has 1 heterocycles. The van der Waals surface area contributed by atoms with Crippen LogP contribution in [0.25, 0.3) is 0 Å². The van der Waals surface area contributed by atoms with Gasteiger partial charge in [-0.15, -0.1) is 0 Å². The molecule has 5 unspecified atom stereocenters. The Morgan fingerprint density at radius 1 is 0.971 bits per heavy atom. The number of H-pyrrole nitrogens is 1. The number of nitrogens with one attached hydrogen (secondary N) is 4. The largest absolute Gasteiger partial charge is 0.480 e. The van der Waals surface area contributed by atoms with Crippen LogP contribution in [-0.2, 0) is 32.0 Å². The Labute approximate surface area is 204 Å². The summed E-state index contributed by atoms with van der Waals surface area (Å²) in [6.45, 7) is 5.05. The Morgan fingerprint density at radius 2 is 1.57 bits per heavy atom. The maximum absolute atomic E-state index is 13.2. The van der Waals surface area contributed by atoms with Crippen molar-refractivity contribution in [3.63, 3.8) is 0 Å². The first-order chi connectivity index (χ1) is 16.6. The van der Waals surface area contributed by atoms with Crippen molar-refractivity contribution in [2.24, 2.45) is 11.7 Å². The molecule has 190 valence electrons. The normalized spacial score (nSPS) is 15.2. The van der Waals surface area contributed by atoms with Gasteiger partial charge in [-0.2, -0.15) is 0 Å². The minimum absolute atomic E-state index is 0.0919. The van der Waals surface area contributed by atoms with Crippen LogP contribution in [0.1, 0.15) is 38.4 Å². The van der Waals surface area contributed by atoms with Gasteiger partial charge in [-0.25, -0.2) is 9.78 Å². The number of aromatic nitrogens is 2. The van der Waals surface area contributed by atoms with E-state index in [2.05, 4.69) is 25.9 Å². The number of benzene rings is 1. The third kappa shape index (κ3) is 8.53. The molecule has 0 aliphatic carbocycles. The van der Waals surface area contributed by atoms with Crippen LogP contribution >= 0.6 is 0 Å². The SMILES string of the molecule is CCC(C)C(NC(=O)C(Cc1ccccc1)NC(=O)C(Cc1cnc[nH]1)NC(=O)C(C)N)C(=O)O. The lowest BCUT2D eigenvalue weighted by atomic mass is 9.98. The molecule has 0 bridgehead atoms. The zero-order valence-electron chi connectivity index (χ0n) is 20.2. The minimum Gasteiger partial charge on any atom is -0.480 e. The van der Waals surface area contributed by atoms with E-state index in [1.165, 1.54) is 19.4 Å². The number of nitrogens with two attached hydrogens (primary N) is 1. The van der Waals surface area contributed by atoms with Gasteiger partial charge in [0.25, 0.3) is 0 Å². The summed E-state index contributed by atoms with van der Waals surface area (Å²) in [5, 5.41) is 17.4. The van der Waals surface area contributed by atoms with E-state index in [1.807, 2.05) is 13.0 Å². The highest BCUT2D eigenvalue weighted by Gasteiger charge is 2.32. The van der Waals surface area contributed by atoms with Gasteiger partial charge in [-0.05, 0) is 18.4 Å². The van der Waals surface area contributed by atoms with Crippen molar-refractivity contribution in [1.29, 1.82) is 0 Å². The average molecular weight is 487 g/mol. The number of rotatable bonds is 13. The Kier molecular flexibility index (Phi) is 10.4. The predicted molar refractivity (Wildman–Crippen MR) is 129 cm³/mol. The zero-order chi connectivity index (χ0) is 26.0. The Morgan fingerprint density at radius 3 is 2.11 bits per heavy atom. The Bertz CT molecular complexity index is 980. The van der Waals surface area contributed by atoms with Gasteiger partial charge in [0, 0.05) is 24.7 Å². The molecule has 1 aromatic carbocycles. The number of amides is 3. The fourth-order valence-corrected chi connectivity index (χ4v) is 3.40. The second kappa shape index (κ2) is 13.2. The number of aromatic amines is 1. The number of hydrogen-bond donors (Lipinski definition) is 6. The lowest BCUT2D eigenvalue weighted by Crippen LogP contribution is -2.58. The zero-order valence-corrected chi connectivity index (χ0v) is 20.2. The molecule has 0 aliphatic heterocycles. The molecule has 3 amide bonds. The van der Waals surface area contributed by atoms with Crippen molar-refractivity contribution in [1.82, 2.24) is 25.9 Å². The van der Waals surface area contributed by atoms with E-state index in [9.17, 15) is 24.3 Å². The molecule has 11 nitrogen and oxygen atoms in total. The van der Waals surface area contributed by atoms with Crippen molar-refractivity contribution in [2.45, 2.75) is 64.2 Å². The maximum Gasteiger partial charge on any atom is 0.326 e. The van der Waals surface area contributed by atoms with E-state index in [0.29, 0.717) is 12.1 Å². The van der Waals surface area contributed by atoms with E-state index in [4.69, 9.17) is 5.73 Å². The predicted octanol–water partition coefficient (Wildman–Crippen LogP) is 0.127. The second-order valence-electron chi connectivity index (χ2n) is 8.59. The number of imidazole rings is 1. The molecular weight excluding hydrogens is 452 g/mol. The number of aliphatic carboxylic acids is 1. The summed E-state index contributed by atoms with van der Waals surface area (Å²) in [5.74, 6) is -3.24. The van der Waals surface area contributed by atoms with Gasteiger partial charge < -0.3 is 31.8 Å². The van der Waals surface area contributed by atoms with Crippen molar-refractivity contribution in [3.05, 3.63) is 54.1 Å². The van der Waals surface area contributed by atoms with E-state index >= 15 is 0 Å². The fraction of sp³-hybridized carbons (Fsp3) is 0.458. The highest BCUT2D eigenvalue weighted by Crippen LogP contribution is 2.10. The highest BCUT2D eigenvalue weighted by atomic mass is 16.4. The highest BCUT2D eigenvalue weighted by molar-refractivity contribution is 5.94. The smallest absolute Gasteiger partial charge is 0.326 e. The summed E-state index contributed by atoms with van der Waals surface area (Å²) in [4.78, 5) is 57.2. The van der Waals surface area contributed by atoms with Gasteiger partial charge >= 0.3 is 5.97 Å². The third-order valence-corrected chi connectivity index (χ3v) is 5.72. The maximum atomic E-state index is 13.2. The van der Waals surface area contributed by atoms with Crippen LogP contribution in [0, 0.1) is 5.92 Å². The van der Waals surface area contributed by atoms with E-state index in [0.717, 1.165) is 5.56 Å². The van der Waals surface area contributed by atoms with Crippen LogP contribution in [0.4, 0.5) is 0 Å². The van der Waals surface area contributed by atoms with Gasteiger partial charge in [0.1, 0.15) is 18.1 Å². The molecule has 0 saturated carbocycles. The number of carboxylic acid groups (broad SMARTS) is 1. The van der Waals surface area contributed by atoms with Gasteiger partial charge in [0.05, 0.1) is 12.4 Å². The molecule has 0 saturated heterocycles. The number of carbonyl (C=O) groups is 4. The van der Waals surface area contributed by atoms with Crippen molar-refractivity contribution in [2.75, 3.05) is 0 Å². The molecule has 0 spiro atoms. The minimum atomic E-state index is -1.15. The monoisotopic (exact) mass is 486 g/mol. The molecular formula is C24H34N6O5. The molecule has 2 aromatic rings. The molecule has 7 N–H and O–H groups in total. The van der Waals surface area contributed by atoms with Gasteiger partial charge in [0.15, 0.2) is 0 Å². The fourth-order valence-electron chi connectivity index (χ4n) is 3.40. The molecule has 5 atom stereocenters. The molecule has 0 fully saturated rings. The van der Waals surface area contributed by atoms with Crippen LogP contribution in [0.15, 0.2) is 42.9 Å². The van der Waals surface area contributed by atoms with Crippen molar-refractivity contribution >= 4 is 23.7 Å². The van der Waals surface area contributed by atoms with E-state index in [1.54, 1.807) is 31.2 Å². The van der Waals surface area contributed by atoms with Crippen LogP contribution in [0.2, 0.25) is 0 Å². The molecule has 1 aromatic heterocycles. The summed E-state index contributed by atoms with van der Waals surface area (Å²) in [7, 11) is 0. The lowest BCUT2D eigenvalue weighted by Gasteiger charge is -2.26. The van der Waals surface area contributed by atoms with E-state index < -0.39 is 47.9 Å². The van der Waals surface area contributed by atoms with Crippen LogP contribution in [0.5, 0.6) is 0 Å². The first-order valence-electron chi connectivity index (χ1n) is 11.5. The first kappa shape index (κ1) is 27.5. The number of carboxylic acids is 1. The van der Waals surface area contributed by atoms with E-state index in [-0.39, 0.29) is 18.8 Å². The standard InChI is InChI=1S/C24H34N6O5/c1-4-14(2)20(24(34)35)30-23(33)18(10-16-8-6-5-7-9-16)29-22(32)19(28-21(31)15(3)25)11-17-12-26-13-27-17/h5-9,12-15,18-20H,4,10-11,25H2,1-3H3,(H,26,27)(H,28,31)(H,29,32)(H,30,33)(H,34,35). The first-order valence-corrected chi connectivity index (χ1v) is 11.5. The van der Waals surface area contributed by atoms with Gasteiger partial charge in [-0.3, -0.25) is 14.4 Å². The summed E-state index contributed by atoms with van der Waals surface area (Å²) in [5.41, 5.74) is 7.02. The van der Waals surface area contributed by atoms with Crippen molar-refractivity contribution in [3.8, 4) is 0 Å². The summed E-state index contributed by atoms with van der Waals surface area (Å²) in [6.07, 6.45) is 3.74. The summed E-state index contributed by atoms with van der Waals surface area (Å²) < 4.78 is 0. The number of nitrogens with zero attached hydrogens (tertiary/aromatic N) is 1. The van der Waals surface area contributed by atoms with Crippen LogP contribution < -0.4 is 21.7 Å². The lowest BCUT2D eigenvalue weighted by molar-refractivity contribution is -0.143. The van der Waals surface area contributed by atoms with Gasteiger partial charge in [-0.1, -0.05) is 50.6 Å². The molecule has 0 radical (unpaired) electrons. The van der Waals surface area contributed by atoms with Crippen LogP contribution in [0.3, 0.4) is 0 Å². The number of hydrogen-bond acceptors (Lipinski definition) is 6. The molecule has 0 aliphatic rings. The van der Waals surface area contributed by atoms with Crippen molar-refractivity contribution < 1.29 is 24.3 Å². The van der Waals surface area contributed by atoms with Crippen LogP contribution in [-0.4, -0.2) is 62.9 Å². The molecule has 2 rings (SSSR count). The quantitative estimate of drug-likeness (QED) is 0.233. The number of carbonyl (C=O) groups excluding carboxylic acids is 3. The average Bonchev–Trinajstić information content (AvgIpc) is 3.34. The van der Waals surface area contributed by atoms with Gasteiger partial charge in [0.2, 0.25) is 17.7 Å². The third-order valence-electron chi connectivity index (χ3n) is 5.72. The molecule has 11 heteroatoms. The summed E-state index contributed by atoms with van der Waals surface area (Å²) in [6, 6.07) is 4.96.